The van der Waals surface area contributed by atoms with Gasteiger partial charge in [-0.3, -0.25) is 4.79 Å². The minimum atomic E-state index is -0.464. The summed E-state index contributed by atoms with van der Waals surface area (Å²) >= 11 is 0. The molecule has 1 heterocycles. The lowest BCUT2D eigenvalue weighted by atomic mass is 9.85. The number of rotatable bonds is 4. The van der Waals surface area contributed by atoms with Gasteiger partial charge in [0.15, 0.2) is 0 Å². The van der Waals surface area contributed by atoms with Crippen molar-refractivity contribution in [1.29, 1.82) is 0 Å². The fourth-order valence-corrected chi connectivity index (χ4v) is 2.53. The van der Waals surface area contributed by atoms with E-state index >= 15 is 0 Å². The third-order valence-corrected chi connectivity index (χ3v) is 3.57. The van der Waals surface area contributed by atoms with Crippen LogP contribution in [0.4, 0.5) is 10.1 Å². The Kier molecular flexibility index (Phi) is 4.71. The lowest BCUT2D eigenvalue weighted by Gasteiger charge is -2.29. The molecule has 0 unspecified atom stereocenters. The first-order valence-electron chi connectivity index (χ1n) is 6.85. The lowest BCUT2D eigenvalue weighted by molar-refractivity contribution is -0.125. The van der Waals surface area contributed by atoms with Crippen molar-refractivity contribution in [2.24, 2.45) is 5.92 Å². The van der Waals surface area contributed by atoms with Crippen molar-refractivity contribution in [3.05, 3.63) is 24.3 Å². The van der Waals surface area contributed by atoms with Crippen LogP contribution in [0.2, 0.25) is 0 Å². The van der Waals surface area contributed by atoms with Crippen LogP contribution in [0.1, 0.15) is 32.6 Å². The Hall–Kier alpha value is -1.65. The summed E-state index contributed by atoms with van der Waals surface area (Å²) in [6.45, 7) is 2.61. The fraction of sp³-hybridized carbons (Fsp3) is 0.571. The van der Waals surface area contributed by atoms with Crippen LogP contribution in [0.3, 0.4) is 0 Å². The molecule has 19 heavy (non-hydrogen) atoms. The number of aromatic nitrogens is 1. The SMILES string of the molecule is CCNC(=O)C1CCC(Nc2cccnc2F)CC1. The van der Waals surface area contributed by atoms with E-state index in [1.165, 1.54) is 6.20 Å². The Bertz CT molecular complexity index is 430. The molecule has 1 fully saturated rings. The molecule has 2 N–H and O–H groups in total. The summed E-state index contributed by atoms with van der Waals surface area (Å²) in [6, 6.07) is 3.63. The topological polar surface area (TPSA) is 54.0 Å². The zero-order chi connectivity index (χ0) is 13.7. The highest BCUT2D eigenvalue weighted by molar-refractivity contribution is 5.78. The van der Waals surface area contributed by atoms with E-state index in [1.54, 1.807) is 12.1 Å². The van der Waals surface area contributed by atoms with Crippen LogP contribution in [0.15, 0.2) is 18.3 Å². The Morgan fingerprint density at radius 1 is 1.42 bits per heavy atom. The standard InChI is InChI=1S/C14H20FN3O/c1-2-16-14(19)10-5-7-11(8-6-10)18-12-4-3-9-17-13(12)15/h3-4,9-11,18H,2,5-8H2,1H3,(H,16,19). The normalized spacial score (nSPS) is 22.8. The molecule has 2 rings (SSSR count). The molecule has 1 aromatic heterocycles. The van der Waals surface area contributed by atoms with Gasteiger partial charge in [-0.2, -0.15) is 4.39 Å². The van der Waals surface area contributed by atoms with Crippen molar-refractivity contribution < 1.29 is 9.18 Å². The molecule has 1 saturated carbocycles. The molecule has 0 atom stereocenters. The average molecular weight is 265 g/mol. The highest BCUT2D eigenvalue weighted by Crippen LogP contribution is 2.27. The molecule has 1 aliphatic rings. The summed E-state index contributed by atoms with van der Waals surface area (Å²) in [4.78, 5) is 15.3. The monoisotopic (exact) mass is 265 g/mol. The molecule has 104 valence electrons. The molecule has 0 aromatic carbocycles. The van der Waals surface area contributed by atoms with E-state index in [0.717, 1.165) is 25.7 Å². The van der Waals surface area contributed by atoms with Crippen molar-refractivity contribution in [3.63, 3.8) is 0 Å². The van der Waals surface area contributed by atoms with E-state index in [0.29, 0.717) is 12.2 Å². The van der Waals surface area contributed by atoms with Crippen LogP contribution < -0.4 is 10.6 Å². The first-order valence-corrected chi connectivity index (χ1v) is 6.85. The predicted molar refractivity (Wildman–Crippen MR) is 72.2 cm³/mol. The maximum Gasteiger partial charge on any atom is 0.236 e. The molecule has 0 spiro atoms. The minimum Gasteiger partial charge on any atom is -0.379 e. The van der Waals surface area contributed by atoms with Gasteiger partial charge in [-0.25, -0.2) is 4.98 Å². The second kappa shape index (κ2) is 6.50. The summed E-state index contributed by atoms with van der Waals surface area (Å²) < 4.78 is 13.4. The van der Waals surface area contributed by atoms with Crippen LogP contribution in [-0.4, -0.2) is 23.5 Å². The summed E-state index contributed by atoms with van der Waals surface area (Å²) in [5.41, 5.74) is 0.448. The van der Waals surface area contributed by atoms with Gasteiger partial charge in [0.1, 0.15) is 0 Å². The van der Waals surface area contributed by atoms with Crippen molar-refractivity contribution >= 4 is 11.6 Å². The van der Waals surface area contributed by atoms with Gasteiger partial charge in [-0.05, 0) is 44.7 Å². The number of carbonyl (C=O) groups excluding carboxylic acids is 1. The Morgan fingerprint density at radius 2 is 2.16 bits per heavy atom. The lowest BCUT2D eigenvalue weighted by Crippen LogP contribution is -2.35. The third kappa shape index (κ3) is 3.66. The maximum atomic E-state index is 13.4. The zero-order valence-electron chi connectivity index (χ0n) is 11.2. The van der Waals surface area contributed by atoms with Gasteiger partial charge in [0.25, 0.3) is 0 Å². The molecule has 0 saturated heterocycles. The van der Waals surface area contributed by atoms with E-state index < -0.39 is 5.95 Å². The highest BCUT2D eigenvalue weighted by atomic mass is 19.1. The van der Waals surface area contributed by atoms with Crippen LogP contribution in [-0.2, 0) is 4.79 Å². The maximum absolute atomic E-state index is 13.4. The number of hydrogen-bond donors (Lipinski definition) is 2. The van der Waals surface area contributed by atoms with E-state index in [9.17, 15) is 9.18 Å². The van der Waals surface area contributed by atoms with Gasteiger partial charge in [0.2, 0.25) is 11.9 Å². The van der Waals surface area contributed by atoms with Gasteiger partial charge in [-0.15, -0.1) is 0 Å². The number of pyridine rings is 1. The highest BCUT2D eigenvalue weighted by Gasteiger charge is 2.26. The van der Waals surface area contributed by atoms with E-state index in [1.807, 2.05) is 6.92 Å². The number of hydrogen-bond acceptors (Lipinski definition) is 3. The number of anilines is 1. The molecular weight excluding hydrogens is 245 g/mol. The van der Waals surface area contributed by atoms with E-state index in [-0.39, 0.29) is 17.9 Å². The average Bonchev–Trinajstić information content (AvgIpc) is 2.42. The Morgan fingerprint density at radius 3 is 2.79 bits per heavy atom. The molecule has 4 nitrogen and oxygen atoms in total. The molecule has 5 heteroatoms. The summed E-state index contributed by atoms with van der Waals surface area (Å²) in [7, 11) is 0. The number of nitrogens with zero attached hydrogens (tertiary/aromatic N) is 1. The second-order valence-corrected chi connectivity index (χ2v) is 4.93. The van der Waals surface area contributed by atoms with Crippen LogP contribution in [0.5, 0.6) is 0 Å². The molecule has 1 aromatic rings. The summed E-state index contributed by atoms with van der Waals surface area (Å²) in [5.74, 6) is -0.210. The number of amides is 1. The van der Waals surface area contributed by atoms with E-state index in [4.69, 9.17) is 0 Å². The van der Waals surface area contributed by atoms with Gasteiger partial charge in [0, 0.05) is 24.7 Å². The molecule has 1 aliphatic carbocycles. The largest absolute Gasteiger partial charge is 0.379 e. The molecule has 0 radical (unpaired) electrons. The van der Waals surface area contributed by atoms with Gasteiger partial charge in [-0.1, -0.05) is 0 Å². The third-order valence-electron chi connectivity index (χ3n) is 3.57. The quantitative estimate of drug-likeness (QED) is 0.821. The minimum absolute atomic E-state index is 0.108. The Balaban J connectivity index is 1.84. The van der Waals surface area contributed by atoms with Crippen LogP contribution >= 0.6 is 0 Å². The number of carbonyl (C=O) groups is 1. The smallest absolute Gasteiger partial charge is 0.236 e. The van der Waals surface area contributed by atoms with Crippen LogP contribution in [0, 0.1) is 11.9 Å². The van der Waals surface area contributed by atoms with Crippen molar-refractivity contribution in [1.82, 2.24) is 10.3 Å². The Labute approximate surface area is 112 Å². The molecule has 0 aliphatic heterocycles. The predicted octanol–water partition coefficient (Wildman–Crippen LogP) is 2.33. The summed E-state index contributed by atoms with van der Waals surface area (Å²) in [5, 5.41) is 6.03. The van der Waals surface area contributed by atoms with E-state index in [2.05, 4.69) is 15.6 Å². The molecule has 0 bridgehead atoms. The first-order chi connectivity index (χ1) is 9.20. The van der Waals surface area contributed by atoms with Crippen molar-refractivity contribution in [2.45, 2.75) is 38.6 Å². The first kappa shape index (κ1) is 13.8. The van der Waals surface area contributed by atoms with Gasteiger partial charge in [0.05, 0.1) is 5.69 Å². The van der Waals surface area contributed by atoms with Crippen molar-refractivity contribution in [3.8, 4) is 0 Å². The summed E-state index contributed by atoms with van der Waals surface area (Å²) in [6.07, 6.45) is 4.91. The molecule has 1 amide bonds. The van der Waals surface area contributed by atoms with Crippen molar-refractivity contribution in [2.75, 3.05) is 11.9 Å². The van der Waals surface area contributed by atoms with Gasteiger partial charge >= 0.3 is 0 Å². The number of halogens is 1. The molecular formula is C14H20FN3O. The fourth-order valence-electron chi connectivity index (χ4n) is 2.53. The number of nitrogens with one attached hydrogen (secondary N) is 2. The van der Waals surface area contributed by atoms with Gasteiger partial charge < -0.3 is 10.6 Å². The van der Waals surface area contributed by atoms with Crippen LogP contribution in [0.25, 0.3) is 0 Å². The second-order valence-electron chi connectivity index (χ2n) is 4.93. The zero-order valence-corrected chi connectivity index (χ0v) is 11.2.